The predicted octanol–water partition coefficient (Wildman–Crippen LogP) is 4.48. The first-order valence-corrected chi connectivity index (χ1v) is 6.35. The van der Waals surface area contributed by atoms with E-state index in [1.807, 2.05) is 0 Å². The lowest BCUT2D eigenvalue weighted by Gasteiger charge is -2.09. The number of nitrogens with zero attached hydrogens (tertiary/aromatic N) is 1. The summed E-state index contributed by atoms with van der Waals surface area (Å²) >= 11 is 6.01. The van der Waals surface area contributed by atoms with E-state index in [2.05, 4.69) is 9.97 Å². The van der Waals surface area contributed by atoms with Crippen LogP contribution in [0.1, 0.15) is 5.56 Å². The minimum atomic E-state index is -4.46. The van der Waals surface area contributed by atoms with Crippen molar-refractivity contribution in [1.29, 1.82) is 0 Å². The van der Waals surface area contributed by atoms with Gasteiger partial charge in [0.2, 0.25) is 0 Å². The lowest BCUT2D eigenvalue weighted by atomic mass is 10.1. The van der Waals surface area contributed by atoms with Crippen LogP contribution in [0.2, 0.25) is 5.02 Å². The summed E-state index contributed by atoms with van der Waals surface area (Å²) in [7, 11) is 0. The number of hydrogen-bond acceptors (Lipinski definition) is 2. The normalized spacial score (nSPS) is 12.0. The van der Waals surface area contributed by atoms with Crippen molar-refractivity contribution in [2.24, 2.45) is 0 Å². The van der Waals surface area contributed by atoms with Crippen LogP contribution in [-0.2, 0) is 6.18 Å². The van der Waals surface area contributed by atoms with E-state index in [1.54, 1.807) is 18.2 Å². The standard InChI is InChI=1S/C14H9ClF3N3/c15-10-2-1-3-11-12(10)21-13(20-11)7-4-8(14(16,17)18)6-9(19)5-7/h1-6H,19H2,(H,20,21). The van der Waals surface area contributed by atoms with Crippen LogP contribution in [0.25, 0.3) is 22.4 Å². The van der Waals surface area contributed by atoms with Crippen LogP contribution in [0.5, 0.6) is 0 Å². The molecule has 0 atom stereocenters. The van der Waals surface area contributed by atoms with Crippen LogP contribution in [0, 0.1) is 0 Å². The van der Waals surface area contributed by atoms with Crippen molar-refractivity contribution < 1.29 is 13.2 Å². The summed E-state index contributed by atoms with van der Waals surface area (Å²) in [6.45, 7) is 0. The highest BCUT2D eigenvalue weighted by Gasteiger charge is 2.31. The molecule has 0 radical (unpaired) electrons. The molecule has 0 amide bonds. The molecule has 0 bridgehead atoms. The molecule has 3 nitrogen and oxygen atoms in total. The smallest absolute Gasteiger partial charge is 0.399 e. The van der Waals surface area contributed by atoms with Gasteiger partial charge in [-0.05, 0) is 30.3 Å². The van der Waals surface area contributed by atoms with Gasteiger partial charge in [0.15, 0.2) is 0 Å². The van der Waals surface area contributed by atoms with Crippen LogP contribution < -0.4 is 5.73 Å². The SMILES string of the molecule is Nc1cc(-c2nc3c(Cl)cccc3[nH]2)cc(C(F)(F)F)c1. The van der Waals surface area contributed by atoms with E-state index >= 15 is 0 Å². The number of para-hydroxylation sites is 1. The topological polar surface area (TPSA) is 54.7 Å². The molecule has 2 aromatic carbocycles. The van der Waals surface area contributed by atoms with Crippen molar-refractivity contribution in [2.75, 3.05) is 5.73 Å². The van der Waals surface area contributed by atoms with Gasteiger partial charge in [0.25, 0.3) is 0 Å². The Labute approximate surface area is 122 Å². The lowest BCUT2D eigenvalue weighted by molar-refractivity contribution is -0.137. The lowest BCUT2D eigenvalue weighted by Crippen LogP contribution is -2.06. The first-order chi connectivity index (χ1) is 9.84. The third-order valence-electron chi connectivity index (χ3n) is 3.02. The molecule has 0 aliphatic heterocycles. The Kier molecular flexibility index (Phi) is 3.06. The molecule has 0 fully saturated rings. The number of nitrogens with two attached hydrogens (primary N) is 1. The molecule has 7 heteroatoms. The van der Waals surface area contributed by atoms with E-state index in [4.69, 9.17) is 17.3 Å². The minimum Gasteiger partial charge on any atom is -0.399 e. The maximum atomic E-state index is 12.8. The summed E-state index contributed by atoms with van der Waals surface area (Å²) < 4.78 is 38.5. The monoisotopic (exact) mass is 311 g/mol. The van der Waals surface area contributed by atoms with Gasteiger partial charge in [0, 0.05) is 11.3 Å². The number of aromatic nitrogens is 2. The molecular formula is C14H9ClF3N3. The average molecular weight is 312 g/mol. The first-order valence-electron chi connectivity index (χ1n) is 5.97. The highest BCUT2D eigenvalue weighted by atomic mass is 35.5. The molecule has 0 aliphatic carbocycles. The van der Waals surface area contributed by atoms with E-state index in [-0.39, 0.29) is 17.1 Å². The number of H-pyrrole nitrogens is 1. The van der Waals surface area contributed by atoms with E-state index in [0.717, 1.165) is 12.1 Å². The second kappa shape index (κ2) is 4.66. The zero-order valence-electron chi connectivity index (χ0n) is 10.5. The fourth-order valence-electron chi connectivity index (χ4n) is 2.09. The summed E-state index contributed by atoms with van der Waals surface area (Å²) in [5.41, 5.74) is 6.16. The second-order valence-corrected chi connectivity index (χ2v) is 4.97. The van der Waals surface area contributed by atoms with Gasteiger partial charge in [-0.25, -0.2) is 4.98 Å². The average Bonchev–Trinajstić information content (AvgIpc) is 2.82. The zero-order chi connectivity index (χ0) is 15.2. The Bertz CT molecular complexity index is 824. The molecule has 108 valence electrons. The Morgan fingerprint density at radius 2 is 1.90 bits per heavy atom. The summed E-state index contributed by atoms with van der Waals surface area (Å²) in [6.07, 6.45) is -4.46. The number of nitrogens with one attached hydrogen (secondary N) is 1. The Morgan fingerprint density at radius 3 is 2.57 bits per heavy atom. The molecule has 0 unspecified atom stereocenters. The van der Waals surface area contributed by atoms with Crippen molar-refractivity contribution in [3.05, 3.63) is 47.0 Å². The van der Waals surface area contributed by atoms with Gasteiger partial charge in [-0.3, -0.25) is 0 Å². The van der Waals surface area contributed by atoms with Crippen LogP contribution in [0.15, 0.2) is 36.4 Å². The number of aromatic amines is 1. The van der Waals surface area contributed by atoms with E-state index < -0.39 is 11.7 Å². The van der Waals surface area contributed by atoms with E-state index in [9.17, 15) is 13.2 Å². The van der Waals surface area contributed by atoms with Crippen molar-refractivity contribution in [3.8, 4) is 11.4 Å². The Hall–Kier alpha value is -2.21. The Balaban J connectivity index is 2.18. The third-order valence-corrected chi connectivity index (χ3v) is 3.32. The minimum absolute atomic E-state index is 0.0198. The van der Waals surface area contributed by atoms with Gasteiger partial charge < -0.3 is 10.7 Å². The van der Waals surface area contributed by atoms with E-state index in [1.165, 1.54) is 6.07 Å². The maximum absolute atomic E-state index is 12.8. The number of hydrogen-bond donors (Lipinski definition) is 2. The number of halogens is 4. The van der Waals surface area contributed by atoms with Gasteiger partial charge in [0.1, 0.15) is 11.3 Å². The fourth-order valence-corrected chi connectivity index (χ4v) is 2.30. The van der Waals surface area contributed by atoms with Crippen LogP contribution in [-0.4, -0.2) is 9.97 Å². The predicted molar refractivity (Wildman–Crippen MR) is 76.0 cm³/mol. The Morgan fingerprint density at radius 1 is 1.14 bits per heavy atom. The van der Waals surface area contributed by atoms with Crippen molar-refractivity contribution >= 4 is 28.3 Å². The largest absolute Gasteiger partial charge is 0.416 e. The molecule has 3 rings (SSSR count). The molecule has 3 aromatic rings. The number of imidazole rings is 1. The number of anilines is 1. The number of fused-ring (bicyclic) bond motifs is 1. The van der Waals surface area contributed by atoms with E-state index in [0.29, 0.717) is 16.1 Å². The molecule has 1 heterocycles. The second-order valence-electron chi connectivity index (χ2n) is 4.56. The fraction of sp³-hybridized carbons (Fsp3) is 0.0714. The van der Waals surface area contributed by atoms with Crippen molar-refractivity contribution in [2.45, 2.75) is 6.18 Å². The summed E-state index contributed by atoms with van der Waals surface area (Å²) in [4.78, 5) is 7.18. The number of rotatable bonds is 1. The molecule has 1 aromatic heterocycles. The third kappa shape index (κ3) is 2.54. The van der Waals surface area contributed by atoms with Crippen LogP contribution in [0.4, 0.5) is 18.9 Å². The highest BCUT2D eigenvalue weighted by molar-refractivity contribution is 6.35. The molecule has 0 aliphatic rings. The van der Waals surface area contributed by atoms with Crippen LogP contribution in [0.3, 0.4) is 0 Å². The van der Waals surface area contributed by atoms with Gasteiger partial charge >= 0.3 is 6.18 Å². The summed E-state index contributed by atoms with van der Waals surface area (Å²) in [5.74, 6) is 0.288. The molecule has 0 saturated heterocycles. The molecule has 0 spiro atoms. The first kappa shape index (κ1) is 13.8. The van der Waals surface area contributed by atoms with Crippen molar-refractivity contribution in [1.82, 2.24) is 9.97 Å². The number of nitrogen functional groups attached to an aromatic ring is 1. The number of alkyl halides is 3. The molecule has 21 heavy (non-hydrogen) atoms. The van der Waals surface area contributed by atoms with Crippen molar-refractivity contribution in [3.63, 3.8) is 0 Å². The maximum Gasteiger partial charge on any atom is 0.416 e. The quantitative estimate of drug-likeness (QED) is 0.651. The molecule has 0 saturated carbocycles. The van der Waals surface area contributed by atoms with Gasteiger partial charge in [-0.15, -0.1) is 0 Å². The summed E-state index contributed by atoms with van der Waals surface area (Å²) in [5, 5.41) is 0.426. The van der Waals surface area contributed by atoms with Crippen LogP contribution >= 0.6 is 11.6 Å². The molecular weight excluding hydrogens is 303 g/mol. The van der Waals surface area contributed by atoms with Gasteiger partial charge in [0.05, 0.1) is 16.1 Å². The van der Waals surface area contributed by atoms with Gasteiger partial charge in [-0.2, -0.15) is 13.2 Å². The highest BCUT2D eigenvalue weighted by Crippen LogP contribution is 2.34. The zero-order valence-corrected chi connectivity index (χ0v) is 11.3. The number of benzene rings is 2. The van der Waals surface area contributed by atoms with Gasteiger partial charge in [-0.1, -0.05) is 17.7 Å². The summed E-state index contributed by atoms with van der Waals surface area (Å²) in [6, 6.07) is 8.46. The molecule has 3 N–H and O–H groups in total.